The zero-order valence-electron chi connectivity index (χ0n) is 23.9. The lowest BCUT2D eigenvalue weighted by atomic mass is 10.1. The second-order valence-corrected chi connectivity index (χ2v) is 9.82. The Labute approximate surface area is 206 Å². The fourth-order valence-electron chi connectivity index (χ4n) is 4.26. The number of hydrogen-bond acceptors (Lipinski definition) is 2. The summed E-state index contributed by atoms with van der Waals surface area (Å²) in [5.41, 5.74) is 0. The topological polar surface area (TPSA) is 6.48 Å². The van der Waals surface area contributed by atoms with Crippen LogP contribution < -0.4 is 0 Å². The number of rotatable bonds is 24. The first-order valence-electron chi connectivity index (χ1n) is 15.1. The number of unbranched alkanes of at least 4 members (excludes halogenated alkanes) is 14. The van der Waals surface area contributed by atoms with E-state index in [1.54, 1.807) is 0 Å². The van der Waals surface area contributed by atoms with Crippen molar-refractivity contribution in [1.82, 2.24) is 9.80 Å². The van der Waals surface area contributed by atoms with Crippen LogP contribution in [0, 0.1) is 0 Å². The zero-order chi connectivity index (χ0) is 24.1. The average Bonchev–Trinajstić information content (AvgIpc) is 2.82. The molecule has 0 unspecified atom stereocenters. The van der Waals surface area contributed by atoms with Crippen LogP contribution in [-0.2, 0) is 0 Å². The molecule has 2 heteroatoms. The molecule has 0 N–H and O–H groups in total. The van der Waals surface area contributed by atoms with Crippen molar-refractivity contribution in [3.8, 4) is 0 Å². The van der Waals surface area contributed by atoms with Crippen molar-refractivity contribution in [3.05, 3.63) is 0 Å². The van der Waals surface area contributed by atoms with E-state index in [0.717, 1.165) is 0 Å². The normalized spacial score (nSPS) is 11.2. The van der Waals surface area contributed by atoms with Gasteiger partial charge in [-0.1, -0.05) is 131 Å². The lowest BCUT2D eigenvalue weighted by Crippen LogP contribution is -2.25. The molecule has 0 saturated carbocycles. The third kappa shape index (κ3) is 28.0. The van der Waals surface area contributed by atoms with Gasteiger partial charge in [-0.15, -0.1) is 0 Å². The Bertz CT molecular complexity index is 279. The Balaban J connectivity index is 0. The van der Waals surface area contributed by atoms with E-state index in [1.807, 2.05) is 0 Å². The summed E-state index contributed by atoms with van der Waals surface area (Å²) in [6.45, 7) is 21.5. The summed E-state index contributed by atoms with van der Waals surface area (Å²) >= 11 is 0. The van der Waals surface area contributed by atoms with Crippen molar-refractivity contribution >= 4 is 0 Å². The number of hydrogen-bond donors (Lipinski definition) is 0. The molecule has 0 amide bonds. The van der Waals surface area contributed by atoms with Gasteiger partial charge < -0.3 is 9.80 Å². The fourth-order valence-corrected chi connectivity index (χ4v) is 4.26. The third-order valence-corrected chi connectivity index (χ3v) is 6.71. The van der Waals surface area contributed by atoms with Crippen LogP contribution in [0.1, 0.15) is 157 Å². The highest BCUT2D eigenvalue weighted by atomic mass is 15.1. The van der Waals surface area contributed by atoms with Gasteiger partial charge in [0.1, 0.15) is 0 Å². The lowest BCUT2D eigenvalue weighted by molar-refractivity contribution is 0.273. The van der Waals surface area contributed by atoms with Crippen molar-refractivity contribution in [2.24, 2.45) is 0 Å². The molecule has 0 aliphatic rings. The molecule has 196 valence electrons. The average molecular weight is 455 g/mol. The second-order valence-electron chi connectivity index (χ2n) is 9.82. The Kier molecular flexibility index (Phi) is 32.9. The third-order valence-electron chi connectivity index (χ3n) is 6.71. The quantitative estimate of drug-likeness (QED) is 0.134. The molecule has 0 aromatic carbocycles. The maximum atomic E-state index is 2.64. The van der Waals surface area contributed by atoms with E-state index in [-0.39, 0.29) is 0 Å². The van der Waals surface area contributed by atoms with Crippen LogP contribution in [0.2, 0.25) is 0 Å². The van der Waals surface area contributed by atoms with Gasteiger partial charge in [-0.25, -0.2) is 0 Å². The van der Waals surface area contributed by atoms with E-state index in [9.17, 15) is 0 Å². The lowest BCUT2D eigenvalue weighted by Gasteiger charge is -2.20. The molecular formula is C30H66N2. The van der Waals surface area contributed by atoms with Crippen LogP contribution in [0.15, 0.2) is 0 Å². The molecule has 0 rings (SSSR count). The van der Waals surface area contributed by atoms with E-state index in [2.05, 4.69) is 51.3 Å². The van der Waals surface area contributed by atoms with Gasteiger partial charge in [-0.2, -0.15) is 0 Å². The summed E-state index contributed by atoms with van der Waals surface area (Å²) in [5.74, 6) is 0. The summed E-state index contributed by atoms with van der Waals surface area (Å²) in [7, 11) is 0. The van der Waals surface area contributed by atoms with E-state index in [4.69, 9.17) is 0 Å². The van der Waals surface area contributed by atoms with E-state index in [0.29, 0.717) is 0 Å². The van der Waals surface area contributed by atoms with Crippen LogP contribution in [0.3, 0.4) is 0 Å². The van der Waals surface area contributed by atoms with Gasteiger partial charge >= 0.3 is 0 Å². The maximum absolute atomic E-state index is 2.64. The van der Waals surface area contributed by atoms with Gasteiger partial charge in [0.05, 0.1) is 0 Å². The van der Waals surface area contributed by atoms with Gasteiger partial charge in [-0.3, -0.25) is 0 Å². The Morgan fingerprint density at radius 2 is 0.500 bits per heavy atom. The molecule has 0 aliphatic heterocycles. The minimum Gasteiger partial charge on any atom is -0.304 e. The van der Waals surface area contributed by atoms with Crippen molar-refractivity contribution in [2.45, 2.75) is 157 Å². The molecule has 0 aromatic rings. The van der Waals surface area contributed by atoms with Gasteiger partial charge in [-0.05, 0) is 65.0 Å². The maximum Gasteiger partial charge on any atom is -0.00189 e. The smallest absolute Gasteiger partial charge is 0.00189 e. The molecular weight excluding hydrogens is 388 g/mol. The largest absolute Gasteiger partial charge is 0.304 e. The number of nitrogens with zero attached hydrogens (tertiary/aromatic N) is 2. The van der Waals surface area contributed by atoms with E-state index in [1.165, 1.54) is 155 Å². The van der Waals surface area contributed by atoms with Gasteiger partial charge in [0.2, 0.25) is 0 Å². The first kappa shape index (κ1) is 34.1. The first-order chi connectivity index (χ1) is 15.7. The highest BCUT2D eigenvalue weighted by Gasteiger charge is 2.02. The first-order valence-corrected chi connectivity index (χ1v) is 15.1. The molecule has 0 saturated heterocycles. The highest BCUT2D eigenvalue weighted by molar-refractivity contribution is 4.57. The van der Waals surface area contributed by atoms with Crippen LogP contribution in [-0.4, -0.2) is 49.1 Å². The molecule has 0 fully saturated rings. The van der Waals surface area contributed by atoms with Gasteiger partial charge in [0, 0.05) is 0 Å². The molecule has 32 heavy (non-hydrogen) atoms. The SMILES string of the molecule is CCCCCCCN(CC)CCCCCCC.CCCCCCN(CC)CCCCCC. The van der Waals surface area contributed by atoms with Crippen molar-refractivity contribution in [2.75, 3.05) is 39.3 Å². The van der Waals surface area contributed by atoms with Crippen molar-refractivity contribution in [1.29, 1.82) is 0 Å². The summed E-state index contributed by atoms with van der Waals surface area (Å²) in [5, 5.41) is 0. The predicted molar refractivity (Wildman–Crippen MR) is 150 cm³/mol. The van der Waals surface area contributed by atoms with Crippen LogP contribution in [0.4, 0.5) is 0 Å². The predicted octanol–water partition coefficient (Wildman–Crippen LogP) is 9.72. The second kappa shape index (κ2) is 30.9. The minimum absolute atomic E-state index is 1.23. The minimum atomic E-state index is 1.23. The standard InChI is InChI=1S/C16H35N.C14H31N/c1-4-7-9-11-13-15-17(6-3)16-14-12-10-8-5-2;1-4-7-9-11-13-15(6-3)14-12-10-8-5-2/h4-16H2,1-3H3;4-14H2,1-3H3. The zero-order valence-corrected chi connectivity index (χ0v) is 23.9. The van der Waals surface area contributed by atoms with Crippen LogP contribution >= 0.6 is 0 Å². The van der Waals surface area contributed by atoms with Crippen molar-refractivity contribution in [3.63, 3.8) is 0 Å². The molecule has 0 aliphatic carbocycles. The van der Waals surface area contributed by atoms with Crippen molar-refractivity contribution < 1.29 is 0 Å². The molecule has 0 atom stereocenters. The Hall–Kier alpha value is -0.0800. The molecule has 2 nitrogen and oxygen atoms in total. The molecule has 0 bridgehead atoms. The molecule has 0 heterocycles. The monoisotopic (exact) mass is 455 g/mol. The highest BCUT2D eigenvalue weighted by Crippen LogP contribution is 2.07. The summed E-state index contributed by atoms with van der Waals surface area (Å²) in [6, 6.07) is 0. The van der Waals surface area contributed by atoms with E-state index < -0.39 is 0 Å². The fraction of sp³-hybridized carbons (Fsp3) is 1.00. The Morgan fingerprint density at radius 3 is 0.719 bits per heavy atom. The molecule has 0 radical (unpaired) electrons. The van der Waals surface area contributed by atoms with Gasteiger partial charge in [0.15, 0.2) is 0 Å². The van der Waals surface area contributed by atoms with Crippen LogP contribution in [0.5, 0.6) is 0 Å². The Morgan fingerprint density at radius 1 is 0.281 bits per heavy atom. The summed E-state index contributed by atoms with van der Waals surface area (Å²) < 4.78 is 0. The summed E-state index contributed by atoms with van der Waals surface area (Å²) in [6.07, 6.45) is 25.2. The van der Waals surface area contributed by atoms with Gasteiger partial charge in [0.25, 0.3) is 0 Å². The summed E-state index contributed by atoms with van der Waals surface area (Å²) in [4.78, 5) is 5.25. The molecule has 0 spiro atoms. The molecule has 0 aromatic heterocycles. The van der Waals surface area contributed by atoms with Crippen LogP contribution in [0.25, 0.3) is 0 Å². The van der Waals surface area contributed by atoms with E-state index >= 15 is 0 Å².